The van der Waals surface area contributed by atoms with Crippen molar-refractivity contribution in [3.8, 4) is 0 Å². The normalized spacial score (nSPS) is 14.8. The van der Waals surface area contributed by atoms with Crippen molar-refractivity contribution in [3.05, 3.63) is 0 Å². The quantitative estimate of drug-likeness (QED) is 0.272. The third-order valence-corrected chi connectivity index (χ3v) is 4.13. The van der Waals surface area contributed by atoms with Crippen LogP contribution in [0.1, 0.15) is 73.6 Å². The van der Waals surface area contributed by atoms with Gasteiger partial charge in [-0.15, -0.1) is 0 Å². The predicted molar refractivity (Wildman–Crippen MR) is 92.5 cm³/mol. The van der Waals surface area contributed by atoms with Crippen LogP contribution in [0.15, 0.2) is 0 Å². The highest BCUT2D eigenvalue weighted by molar-refractivity contribution is 5.81. The summed E-state index contributed by atoms with van der Waals surface area (Å²) in [5, 5.41) is 0. The second-order valence-corrected chi connectivity index (χ2v) is 9.22. The van der Waals surface area contributed by atoms with Crippen LogP contribution in [0.3, 0.4) is 0 Å². The van der Waals surface area contributed by atoms with E-state index in [2.05, 4.69) is 4.74 Å². The monoisotopic (exact) mass is 402 g/mol. The molecule has 1 unspecified atom stereocenters. The molecule has 0 radical (unpaired) electrons. The molecule has 8 heteroatoms. The summed E-state index contributed by atoms with van der Waals surface area (Å²) in [4.78, 5) is 23.9. The molecule has 0 aromatic carbocycles. The van der Waals surface area contributed by atoms with E-state index in [1.54, 1.807) is 0 Å². The van der Waals surface area contributed by atoms with Gasteiger partial charge in [-0.2, -0.15) is 22.0 Å². The number of ether oxygens (including phenoxy) is 1. The van der Waals surface area contributed by atoms with E-state index >= 15 is 0 Å². The highest BCUT2D eigenvalue weighted by Gasteiger charge is 2.58. The van der Waals surface area contributed by atoms with Gasteiger partial charge >= 0.3 is 18.1 Å². The Morgan fingerprint density at radius 2 is 1.33 bits per heavy atom. The number of Topliss-reactive ketones (excluding diaryl/α,β-unsaturated/α-hetero) is 1. The Bertz CT molecular complexity index is 499. The predicted octanol–water partition coefficient (Wildman–Crippen LogP) is 5.96. The smallest absolute Gasteiger partial charge is 0.456 e. The molecule has 160 valence electrons. The molecule has 0 bridgehead atoms. The first kappa shape index (κ1) is 25.8. The Balaban J connectivity index is 4.39. The van der Waals surface area contributed by atoms with Gasteiger partial charge in [0.15, 0.2) is 6.61 Å². The fourth-order valence-corrected chi connectivity index (χ4v) is 2.58. The average molecular weight is 402 g/mol. The Kier molecular flexibility index (Phi) is 8.91. The molecule has 0 saturated carbocycles. The van der Waals surface area contributed by atoms with Gasteiger partial charge in [-0.05, 0) is 30.1 Å². The molecule has 0 aliphatic heterocycles. The number of rotatable bonds is 9. The Morgan fingerprint density at radius 3 is 1.74 bits per heavy atom. The summed E-state index contributed by atoms with van der Waals surface area (Å²) in [7, 11) is 0. The fraction of sp³-hybridized carbons (Fsp3) is 0.895. The Hall–Kier alpha value is -1.21. The highest BCUT2D eigenvalue weighted by Crippen LogP contribution is 2.38. The van der Waals surface area contributed by atoms with Crippen LogP contribution in [0.5, 0.6) is 0 Å². The molecule has 0 aromatic heterocycles. The topological polar surface area (TPSA) is 43.4 Å². The van der Waals surface area contributed by atoms with Gasteiger partial charge in [0, 0.05) is 18.8 Å². The molecule has 0 heterocycles. The average Bonchev–Trinajstić information content (AvgIpc) is 2.43. The number of carbonyl (C=O) groups excluding carboxylic acids is 2. The van der Waals surface area contributed by atoms with Crippen molar-refractivity contribution in [1.29, 1.82) is 0 Å². The molecule has 0 aliphatic carbocycles. The maximum Gasteiger partial charge on any atom is 0.456 e. The van der Waals surface area contributed by atoms with E-state index in [0.717, 1.165) is 0 Å². The Labute approximate surface area is 158 Å². The lowest BCUT2D eigenvalue weighted by molar-refractivity contribution is -0.294. The van der Waals surface area contributed by atoms with Crippen molar-refractivity contribution in [1.82, 2.24) is 0 Å². The molecule has 0 aliphatic rings. The maximum atomic E-state index is 12.7. The number of hydrogen-bond donors (Lipinski definition) is 0. The van der Waals surface area contributed by atoms with E-state index < -0.39 is 24.7 Å². The largest absolute Gasteiger partial charge is 0.459 e. The Morgan fingerprint density at radius 1 is 0.852 bits per heavy atom. The molecule has 0 saturated heterocycles. The summed E-state index contributed by atoms with van der Waals surface area (Å²) in [6, 6.07) is 0. The van der Waals surface area contributed by atoms with Crippen molar-refractivity contribution in [3.63, 3.8) is 0 Å². The summed E-state index contributed by atoms with van der Waals surface area (Å²) in [5.41, 5.74) is -0.242. The van der Waals surface area contributed by atoms with Crippen LogP contribution >= 0.6 is 0 Å². The zero-order valence-electron chi connectivity index (χ0n) is 16.9. The number of alkyl halides is 5. The van der Waals surface area contributed by atoms with E-state index in [1.165, 1.54) is 0 Å². The first-order chi connectivity index (χ1) is 11.9. The fourth-order valence-electron chi connectivity index (χ4n) is 2.58. The van der Waals surface area contributed by atoms with Gasteiger partial charge in [0.2, 0.25) is 0 Å². The van der Waals surface area contributed by atoms with E-state index in [9.17, 15) is 31.5 Å². The lowest BCUT2D eigenvalue weighted by Gasteiger charge is -2.34. The molecule has 0 rings (SSSR count). The SMILES string of the molecule is CC(C)(C)CC(C(=O)CCCCC(=O)OCC(F)(F)C(F)(F)F)C(C)(C)C. The summed E-state index contributed by atoms with van der Waals surface area (Å²) in [5.74, 6) is -6.29. The third-order valence-electron chi connectivity index (χ3n) is 4.13. The third kappa shape index (κ3) is 10.1. The van der Waals surface area contributed by atoms with Gasteiger partial charge in [0.25, 0.3) is 0 Å². The lowest BCUT2D eigenvalue weighted by atomic mass is 9.69. The van der Waals surface area contributed by atoms with Crippen LogP contribution in [0.25, 0.3) is 0 Å². The maximum absolute atomic E-state index is 12.7. The van der Waals surface area contributed by atoms with Crippen LogP contribution in [-0.4, -0.2) is 30.5 Å². The lowest BCUT2D eigenvalue weighted by Crippen LogP contribution is -2.41. The van der Waals surface area contributed by atoms with Gasteiger partial charge in [-0.3, -0.25) is 9.59 Å². The van der Waals surface area contributed by atoms with Crippen LogP contribution in [0.4, 0.5) is 22.0 Å². The number of esters is 1. The van der Waals surface area contributed by atoms with Crippen molar-refractivity contribution < 1.29 is 36.3 Å². The van der Waals surface area contributed by atoms with Crippen LogP contribution in [-0.2, 0) is 14.3 Å². The zero-order valence-corrected chi connectivity index (χ0v) is 16.9. The van der Waals surface area contributed by atoms with Gasteiger partial charge < -0.3 is 4.74 Å². The van der Waals surface area contributed by atoms with Crippen LogP contribution < -0.4 is 0 Å². The van der Waals surface area contributed by atoms with E-state index in [1.807, 2.05) is 41.5 Å². The molecular formula is C19H31F5O3. The summed E-state index contributed by atoms with van der Waals surface area (Å²) >= 11 is 0. The molecule has 0 spiro atoms. The molecule has 0 N–H and O–H groups in total. The molecule has 3 nitrogen and oxygen atoms in total. The second kappa shape index (κ2) is 9.32. The van der Waals surface area contributed by atoms with Crippen LogP contribution in [0, 0.1) is 16.7 Å². The molecule has 0 aromatic rings. The first-order valence-electron chi connectivity index (χ1n) is 9.00. The number of carbonyl (C=O) groups is 2. The molecular weight excluding hydrogens is 371 g/mol. The highest BCUT2D eigenvalue weighted by atomic mass is 19.4. The van der Waals surface area contributed by atoms with Crippen molar-refractivity contribution in [2.24, 2.45) is 16.7 Å². The standard InChI is InChI=1S/C19H31F5O3/c1-16(2,3)11-13(17(4,5)6)14(25)9-7-8-10-15(26)27-12-18(20,21)19(22,23)24/h13H,7-12H2,1-6H3. The number of unbranched alkanes of at least 4 members (excludes halogenated alkanes) is 1. The van der Waals surface area contributed by atoms with Gasteiger partial charge in [0.05, 0.1) is 0 Å². The van der Waals surface area contributed by atoms with Crippen molar-refractivity contribution in [2.45, 2.75) is 85.7 Å². The van der Waals surface area contributed by atoms with Crippen molar-refractivity contribution in [2.75, 3.05) is 6.61 Å². The minimum atomic E-state index is -5.76. The second-order valence-electron chi connectivity index (χ2n) is 9.22. The van der Waals surface area contributed by atoms with Gasteiger partial charge in [-0.25, -0.2) is 0 Å². The van der Waals surface area contributed by atoms with E-state index in [4.69, 9.17) is 0 Å². The van der Waals surface area contributed by atoms with E-state index in [-0.39, 0.29) is 41.8 Å². The summed E-state index contributed by atoms with van der Waals surface area (Å²) in [6.07, 6.45) is -4.59. The minimum absolute atomic E-state index is 0.0267. The molecule has 0 fully saturated rings. The molecule has 0 amide bonds. The summed E-state index contributed by atoms with van der Waals surface area (Å²) in [6.45, 7) is 10.1. The van der Waals surface area contributed by atoms with E-state index in [0.29, 0.717) is 12.8 Å². The zero-order chi connectivity index (χ0) is 21.7. The number of ketones is 1. The number of hydrogen-bond acceptors (Lipinski definition) is 3. The van der Waals surface area contributed by atoms with Gasteiger partial charge in [-0.1, -0.05) is 41.5 Å². The first-order valence-corrected chi connectivity index (χ1v) is 9.00. The minimum Gasteiger partial charge on any atom is -0.459 e. The van der Waals surface area contributed by atoms with Crippen molar-refractivity contribution >= 4 is 11.8 Å². The van der Waals surface area contributed by atoms with Crippen LogP contribution in [0.2, 0.25) is 0 Å². The molecule has 1 atom stereocenters. The van der Waals surface area contributed by atoms with Gasteiger partial charge in [0.1, 0.15) is 5.78 Å². The number of halogens is 5. The molecule has 27 heavy (non-hydrogen) atoms. The summed E-state index contributed by atoms with van der Waals surface area (Å²) < 4.78 is 65.3.